The van der Waals surface area contributed by atoms with E-state index in [9.17, 15) is 24.9 Å². The van der Waals surface area contributed by atoms with Gasteiger partial charge in [-0.05, 0) is 82.6 Å². The Hall–Kier alpha value is -4.60. The summed E-state index contributed by atoms with van der Waals surface area (Å²) in [7, 11) is -3.01. The molecule has 0 bridgehead atoms. The minimum Gasteiger partial charge on any atom is -0.508 e. The fourth-order valence-corrected chi connectivity index (χ4v) is 12.9. The summed E-state index contributed by atoms with van der Waals surface area (Å²) in [4.78, 5) is 29.5. The molecule has 8 heteroatoms. The van der Waals surface area contributed by atoms with Crippen LogP contribution in [-0.2, 0) is 14.0 Å². The topological polar surface area (TPSA) is 107 Å². The molecule has 7 nitrogen and oxygen atoms in total. The molecule has 4 aromatic rings. The molecule has 1 fully saturated rings. The number of aromatic hydroxyl groups is 1. The molecular weight excluding hydrogens is 667 g/mol. The molecule has 1 saturated heterocycles. The second-order valence-electron chi connectivity index (χ2n) is 15.1. The van der Waals surface area contributed by atoms with Crippen molar-refractivity contribution < 1.29 is 29.3 Å². The van der Waals surface area contributed by atoms with Crippen LogP contribution >= 0.6 is 0 Å². The standard InChI is InChI=1S/C44H49NO6Si/c1-30(26-31-21-23-34(47)24-22-31)20-25-39(48)40-32(27-37-41(38(40)28-46)43(50)45(42(37)49)33-14-8-5-9-15-33)29-51-52(44(2,3)4,35-16-10-6-11-17-35)36-18-12-7-13-19-36/h5-19,21-24,26,37-39,41,46-48H,20,25,27-29H2,1-4H3/b30-26+/t37-,38+,39-,41-/m1/s1. The predicted octanol–water partition coefficient (Wildman–Crippen LogP) is 6.63. The Balaban J connectivity index is 1.41. The molecule has 2 amide bonds. The zero-order valence-corrected chi connectivity index (χ0v) is 31.4. The van der Waals surface area contributed by atoms with Crippen molar-refractivity contribution in [3.8, 4) is 5.75 Å². The van der Waals surface area contributed by atoms with Crippen LogP contribution in [-0.4, -0.2) is 54.8 Å². The molecule has 270 valence electrons. The number of hydrogen-bond acceptors (Lipinski definition) is 6. The van der Waals surface area contributed by atoms with Crippen molar-refractivity contribution in [3.05, 3.63) is 138 Å². The van der Waals surface area contributed by atoms with Crippen LogP contribution in [0.25, 0.3) is 6.08 Å². The van der Waals surface area contributed by atoms with Gasteiger partial charge in [-0.25, -0.2) is 0 Å². The second kappa shape index (κ2) is 15.6. The Bertz CT molecular complexity index is 1880. The van der Waals surface area contributed by atoms with Crippen LogP contribution in [0.4, 0.5) is 5.69 Å². The van der Waals surface area contributed by atoms with E-state index < -0.39 is 32.2 Å². The van der Waals surface area contributed by atoms with Crippen molar-refractivity contribution in [3.63, 3.8) is 0 Å². The third-order valence-corrected chi connectivity index (χ3v) is 15.7. The van der Waals surface area contributed by atoms with Gasteiger partial charge in [0.2, 0.25) is 11.8 Å². The lowest BCUT2D eigenvalue weighted by molar-refractivity contribution is -0.123. The van der Waals surface area contributed by atoms with E-state index in [1.165, 1.54) is 4.90 Å². The first-order valence-electron chi connectivity index (χ1n) is 18.1. The van der Waals surface area contributed by atoms with Crippen LogP contribution in [0.3, 0.4) is 0 Å². The highest BCUT2D eigenvalue weighted by Crippen LogP contribution is 2.48. The van der Waals surface area contributed by atoms with Gasteiger partial charge in [0.1, 0.15) is 5.75 Å². The van der Waals surface area contributed by atoms with Crippen LogP contribution in [0.5, 0.6) is 5.75 Å². The van der Waals surface area contributed by atoms with Crippen molar-refractivity contribution in [1.82, 2.24) is 0 Å². The number of carbonyl (C=O) groups is 2. The highest BCUT2D eigenvalue weighted by Gasteiger charge is 2.56. The maximum atomic E-state index is 14.1. The third-order valence-electron chi connectivity index (χ3n) is 10.8. The van der Waals surface area contributed by atoms with Crippen molar-refractivity contribution in [2.75, 3.05) is 18.1 Å². The molecule has 3 N–H and O–H groups in total. The molecule has 0 saturated carbocycles. The summed E-state index contributed by atoms with van der Waals surface area (Å²) in [5, 5.41) is 34.8. The lowest BCUT2D eigenvalue weighted by Crippen LogP contribution is -2.66. The number of hydrogen-bond donors (Lipinski definition) is 3. The first-order chi connectivity index (χ1) is 25.0. The molecule has 4 aromatic carbocycles. The Morgan fingerprint density at radius 2 is 1.42 bits per heavy atom. The fourth-order valence-electron chi connectivity index (χ4n) is 8.33. The van der Waals surface area contributed by atoms with E-state index in [0.717, 1.165) is 27.1 Å². The zero-order valence-electron chi connectivity index (χ0n) is 30.4. The molecule has 4 atom stereocenters. The molecule has 6 rings (SSSR count). The van der Waals surface area contributed by atoms with Gasteiger partial charge in [-0.2, -0.15) is 0 Å². The average molecular weight is 716 g/mol. The van der Waals surface area contributed by atoms with E-state index in [0.29, 0.717) is 24.1 Å². The van der Waals surface area contributed by atoms with Gasteiger partial charge in [0, 0.05) is 5.92 Å². The lowest BCUT2D eigenvalue weighted by atomic mass is 9.68. The van der Waals surface area contributed by atoms with E-state index in [1.807, 2.05) is 67.6 Å². The van der Waals surface area contributed by atoms with E-state index in [2.05, 4.69) is 45.0 Å². The summed E-state index contributed by atoms with van der Waals surface area (Å²) in [5.41, 5.74) is 3.86. The van der Waals surface area contributed by atoms with Gasteiger partial charge in [0.25, 0.3) is 8.32 Å². The molecule has 0 aromatic heterocycles. The molecular formula is C44H49NO6Si. The largest absolute Gasteiger partial charge is 0.508 e. The van der Waals surface area contributed by atoms with Crippen molar-refractivity contribution in [1.29, 1.82) is 0 Å². The normalized spacial score (nSPS) is 20.3. The maximum Gasteiger partial charge on any atom is 0.261 e. The SMILES string of the molecule is C/C(=C\c1ccc(O)cc1)CC[C@@H](O)C1=C(CO[Si](c2ccccc2)(c2ccccc2)C(C)(C)C)C[C@H]2C(=O)N(c3ccccc3)C(=O)[C@H]2[C@H]1CO. The number of aliphatic hydroxyl groups excluding tert-OH is 2. The van der Waals surface area contributed by atoms with Crippen molar-refractivity contribution >= 4 is 42.3 Å². The smallest absolute Gasteiger partial charge is 0.261 e. The number of anilines is 1. The van der Waals surface area contributed by atoms with Gasteiger partial charge in [-0.1, -0.05) is 123 Å². The number of carbonyl (C=O) groups excluding carboxylic acids is 2. The van der Waals surface area contributed by atoms with E-state index in [1.54, 1.807) is 36.4 Å². The van der Waals surface area contributed by atoms with Gasteiger partial charge >= 0.3 is 0 Å². The summed E-state index contributed by atoms with van der Waals surface area (Å²) in [6, 6.07) is 36.5. The summed E-state index contributed by atoms with van der Waals surface area (Å²) in [5.74, 6) is -2.68. The summed E-state index contributed by atoms with van der Waals surface area (Å²) >= 11 is 0. The fraction of sp³-hybridized carbons (Fsp3) is 0.318. The molecule has 1 aliphatic heterocycles. The van der Waals surface area contributed by atoms with E-state index in [4.69, 9.17) is 4.43 Å². The molecule has 2 aliphatic rings. The Morgan fingerprint density at radius 3 is 1.96 bits per heavy atom. The number of nitrogens with zero attached hydrogens (tertiary/aromatic N) is 1. The second-order valence-corrected chi connectivity index (χ2v) is 19.4. The van der Waals surface area contributed by atoms with Crippen LogP contribution < -0.4 is 15.3 Å². The van der Waals surface area contributed by atoms with Crippen molar-refractivity contribution in [2.24, 2.45) is 17.8 Å². The number of imide groups is 1. The first kappa shape index (κ1) is 37.2. The summed E-state index contributed by atoms with van der Waals surface area (Å²) < 4.78 is 7.36. The molecule has 0 spiro atoms. The highest BCUT2D eigenvalue weighted by molar-refractivity contribution is 6.99. The maximum absolute atomic E-state index is 14.1. The minimum absolute atomic E-state index is 0.147. The Labute approximate surface area is 308 Å². The van der Waals surface area contributed by atoms with Crippen LogP contribution in [0, 0.1) is 17.8 Å². The summed E-state index contributed by atoms with van der Waals surface area (Å²) in [6.07, 6.45) is 2.21. The average Bonchev–Trinajstić information content (AvgIpc) is 3.40. The molecule has 52 heavy (non-hydrogen) atoms. The molecule has 0 radical (unpaired) electrons. The van der Waals surface area contributed by atoms with E-state index in [-0.39, 0.29) is 42.2 Å². The lowest BCUT2D eigenvalue weighted by Gasteiger charge is -2.44. The van der Waals surface area contributed by atoms with Crippen LogP contribution in [0.2, 0.25) is 5.04 Å². The molecule has 1 aliphatic carbocycles. The molecule has 1 heterocycles. The summed E-state index contributed by atoms with van der Waals surface area (Å²) in [6.45, 7) is 8.37. The van der Waals surface area contributed by atoms with Crippen molar-refractivity contribution in [2.45, 2.75) is 58.1 Å². The number of phenolic OH excluding ortho intramolecular Hbond substituents is 1. The number of fused-ring (bicyclic) bond motifs is 1. The van der Waals surface area contributed by atoms with Gasteiger partial charge in [0.05, 0.1) is 36.8 Å². The van der Waals surface area contributed by atoms with Gasteiger partial charge in [-0.15, -0.1) is 0 Å². The third kappa shape index (κ3) is 7.21. The first-order valence-corrected chi connectivity index (χ1v) is 20.0. The zero-order chi connectivity index (χ0) is 37.0. The van der Waals surface area contributed by atoms with Crippen LogP contribution in [0.15, 0.2) is 132 Å². The number of aliphatic hydroxyl groups is 2. The van der Waals surface area contributed by atoms with Gasteiger partial charge in [-0.3, -0.25) is 14.5 Å². The number of allylic oxidation sites excluding steroid dienone is 1. The quantitative estimate of drug-likeness (QED) is 0.0865. The number of phenols is 1. The number of benzene rings is 4. The number of amides is 2. The van der Waals surface area contributed by atoms with Gasteiger partial charge in [0.15, 0.2) is 0 Å². The van der Waals surface area contributed by atoms with Crippen LogP contribution in [0.1, 0.15) is 52.5 Å². The Morgan fingerprint density at radius 1 is 0.865 bits per heavy atom. The number of para-hydroxylation sites is 1. The Kier molecular flexibility index (Phi) is 11.1. The van der Waals surface area contributed by atoms with Gasteiger partial charge < -0.3 is 19.7 Å². The highest BCUT2D eigenvalue weighted by atomic mass is 28.4. The predicted molar refractivity (Wildman–Crippen MR) is 209 cm³/mol. The minimum atomic E-state index is -3.01. The number of rotatable bonds is 12. The van der Waals surface area contributed by atoms with E-state index >= 15 is 0 Å². The molecule has 0 unspecified atom stereocenters. The monoisotopic (exact) mass is 715 g/mol.